The standard InChI is InChI=1S/C20H28O4/c1-2-3-6-9-15-12-13-17-16(18(21)14-19(17)22)10-7-4-5-8-11-20(23)24-15/h3-4,6-7,12-13,15-17,19,22H,2,5,8-11,14H2,1H3/b6-3-,7-4?,13-12?/t15-,16+,17+,19+/m0/s1. The van der Waals surface area contributed by atoms with E-state index in [1.54, 1.807) is 0 Å². The number of ketones is 1. The minimum Gasteiger partial charge on any atom is -0.458 e. The number of Topliss-reactive ketones (excluding diaryl/α,β-unsaturated/α-hetero) is 1. The lowest BCUT2D eigenvalue weighted by molar-refractivity contribution is -0.146. The first-order chi connectivity index (χ1) is 11.6. The van der Waals surface area contributed by atoms with Crippen LogP contribution in [0.5, 0.6) is 0 Å². The van der Waals surface area contributed by atoms with Gasteiger partial charge in [0, 0.05) is 31.1 Å². The van der Waals surface area contributed by atoms with Crippen LogP contribution in [0.2, 0.25) is 0 Å². The molecule has 1 fully saturated rings. The maximum absolute atomic E-state index is 12.1. The zero-order valence-corrected chi connectivity index (χ0v) is 14.4. The fraction of sp³-hybridized carbons (Fsp3) is 0.600. The molecule has 1 saturated carbocycles. The van der Waals surface area contributed by atoms with Crippen molar-refractivity contribution >= 4 is 11.8 Å². The van der Waals surface area contributed by atoms with Gasteiger partial charge in [-0.2, -0.15) is 0 Å². The second kappa shape index (κ2) is 9.58. The molecule has 0 aromatic carbocycles. The fourth-order valence-corrected chi connectivity index (χ4v) is 3.30. The Kier molecular flexibility index (Phi) is 7.44. The van der Waals surface area contributed by atoms with E-state index < -0.39 is 6.10 Å². The average Bonchev–Trinajstić information content (AvgIpc) is 2.81. The summed E-state index contributed by atoms with van der Waals surface area (Å²) in [4.78, 5) is 24.1. The molecule has 24 heavy (non-hydrogen) atoms. The van der Waals surface area contributed by atoms with Gasteiger partial charge in [-0.25, -0.2) is 0 Å². The highest BCUT2D eigenvalue weighted by molar-refractivity contribution is 5.84. The molecule has 0 aromatic heterocycles. The lowest BCUT2D eigenvalue weighted by Crippen LogP contribution is -2.20. The Labute approximate surface area is 144 Å². The van der Waals surface area contributed by atoms with E-state index in [0.29, 0.717) is 19.3 Å². The maximum Gasteiger partial charge on any atom is 0.306 e. The van der Waals surface area contributed by atoms with Gasteiger partial charge < -0.3 is 9.84 Å². The van der Waals surface area contributed by atoms with Crippen molar-refractivity contribution in [3.05, 3.63) is 36.5 Å². The molecular weight excluding hydrogens is 304 g/mol. The summed E-state index contributed by atoms with van der Waals surface area (Å²) in [5, 5.41) is 10.2. The van der Waals surface area contributed by atoms with Gasteiger partial charge in [-0.1, -0.05) is 37.3 Å². The monoisotopic (exact) mass is 332 g/mol. The smallest absolute Gasteiger partial charge is 0.306 e. The molecule has 0 radical (unpaired) electrons. The van der Waals surface area contributed by atoms with Crippen molar-refractivity contribution in [1.82, 2.24) is 0 Å². The Balaban J connectivity index is 2.16. The van der Waals surface area contributed by atoms with E-state index in [2.05, 4.69) is 6.92 Å². The Morgan fingerprint density at radius 1 is 1.25 bits per heavy atom. The van der Waals surface area contributed by atoms with Crippen LogP contribution < -0.4 is 0 Å². The van der Waals surface area contributed by atoms with Gasteiger partial charge in [0.25, 0.3) is 0 Å². The fourth-order valence-electron chi connectivity index (χ4n) is 3.30. The first kappa shape index (κ1) is 18.7. The highest BCUT2D eigenvalue weighted by Crippen LogP contribution is 2.33. The molecule has 1 N–H and O–H groups in total. The highest BCUT2D eigenvalue weighted by atomic mass is 16.5. The molecule has 4 heteroatoms. The van der Waals surface area contributed by atoms with Gasteiger partial charge in [0.05, 0.1) is 6.10 Å². The zero-order valence-electron chi connectivity index (χ0n) is 14.4. The maximum atomic E-state index is 12.1. The molecule has 0 bridgehead atoms. The van der Waals surface area contributed by atoms with Crippen molar-refractivity contribution in [1.29, 1.82) is 0 Å². The number of ether oxygens (including phenoxy) is 1. The van der Waals surface area contributed by atoms with Gasteiger partial charge in [-0.15, -0.1) is 0 Å². The van der Waals surface area contributed by atoms with Crippen LogP contribution in [0.4, 0.5) is 0 Å². The largest absolute Gasteiger partial charge is 0.458 e. The van der Waals surface area contributed by atoms with Crippen molar-refractivity contribution in [2.24, 2.45) is 11.8 Å². The summed E-state index contributed by atoms with van der Waals surface area (Å²) in [6, 6.07) is 0. The molecule has 0 unspecified atom stereocenters. The number of hydrogen-bond acceptors (Lipinski definition) is 4. The molecule has 2 aliphatic rings. The van der Waals surface area contributed by atoms with Gasteiger partial charge in [0.1, 0.15) is 11.9 Å². The number of esters is 1. The van der Waals surface area contributed by atoms with Crippen LogP contribution >= 0.6 is 0 Å². The molecule has 1 aliphatic carbocycles. The van der Waals surface area contributed by atoms with Crippen LogP contribution in [-0.2, 0) is 14.3 Å². The van der Waals surface area contributed by atoms with Gasteiger partial charge in [-0.3, -0.25) is 9.59 Å². The number of rotatable bonds is 3. The van der Waals surface area contributed by atoms with E-state index in [4.69, 9.17) is 4.74 Å². The molecule has 1 heterocycles. The minimum atomic E-state index is -0.639. The van der Waals surface area contributed by atoms with E-state index in [9.17, 15) is 14.7 Å². The molecule has 2 rings (SSSR count). The average molecular weight is 332 g/mol. The van der Waals surface area contributed by atoms with Crippen LogP contribution in [0.3, 0.4) is 0 Å². The normalized spacial score (nSPS) is 32.1. The topological polar surface area (TPSA) is 63.6 Å². The van der Waals surface area contributed by atoms with Gasteiger partial charge in [0.15, 0.2) is 0 Å². The first-order valence-corrected chi connectivity index (χ1v) is 9.00. The number of carbonyl (C=O) groups excluding carboxylic acids is 2. The molecule has 4 nitrogen and oxygen atoms in total. The predicted octanol–water partition coefficient (Wildman–Crippen LogP) is 3.51. The second-order valence-electron chi connectivity index (χ2n) is 6.55. The SMILES string of the molecule is CC/C=C\C[C@H]1C=C[C@H]2[C@H](O)CC(=O)[C@@H]2CC=CCCCC(=O)O1. The van der Waals surface area contributed by atoms with E-state index in [1.807, 2.05) is 36.5 Å². The van der Waals surface area contributed by atoms with Crippen LogP contribution in [0.15, 0.2) is 36.5 Å². The van der Waals surface area contributed by atoms with Crippen molar-refractivity contribution in [2.75, 3.05) is 0 Å². The molecule has 132 valence electrons. The zero-order chi connectivity index (χ0) is 17.4. The predicted molar refractivity (Wildman–Crippen MR) is 93.3 cm³/mol. The lowest BCUT2D eigenvalue weighted by atomic mass is 9.90. The molecule has 0 saturated heterocycles. The van der Waals surface area contributed by atoms with Gasteiger partial charge in [0.2, 0.25) is 0 Å². The molecule has 0 aromatic rings. The number of cyclic esters (lactones) is 1. The summed E-state index contributed by atoms with van der Waals surface area (Å²) in [6.45, 7) is 2.06. The van der Waals surface area contributed by atoms with Crippen molar-refractivity contribution in [2.45, 2.75) is 64.1 Å². The van der Waals surface area contributed by atoms with Crippen molar-refractivity contribution in [3.63, 3.8) is 0 Å². The number of carbonyl (C=O) groups is 2. The summed E-state index contributed by atoms with van der Waals surface area (Å²) >= 11 is 0. The van der Waals surface area contributed by atoms with E-state index in [1.165, 1.54) is 0 Å². The Bertz CT molecular complexity index is 518. The minimum absolute atomic E-state index is 0.121. The quantitative estimate of drug-likeness (QED) is 0.634. The highest BCUT2D eigenvalue weighted by Gasteiger charge is 2.39. The van der Waals surface area contributed by atoms with E-state index in [-0.39, 0.29) is 36.1 Å². The Morgan fingerprint density at radius 2 is 2.08 bits per heavy atom. The third-order valence-electron chi connectivity index (χ3n) is 4.64. The van der Waals surface area contributed by atoms with Gasteiger partial charge in [-0.05, 0) is 31.8 Å². The summed E-state index contributed by atoms with van der Waals surface area (Å²) < 4.78 is 5.55. The van der Waals surface area contributed by atoms with E-state index >= 15 is 0 Å². The van der Waals surface area contributed by atoms with Crippen LogP contribution in [0, 0.1) is 11.8 Å². The second-order valence-corrected chi connectivity index (χ2v) is 6.55. The van der Waals surface area contributed by atoms with Crippen LogP contribution in [0.25, 0.3) is 0 Å². The first-order valence-electron chi connectivity index (χ1n) is 9.00. The number of aliphatic hydroxyl groups excluding tert-OH is 1. The van der Waals surface area contributed by atoms with Crippen LogP contribution in [-0.4, -0.2) is 29.1 Å². The number of hydrogen-bond donors (Lipinski definition) is 1. The summed E-state index contributed by atoms with van der Waals surface area (Å²) in [7, 11) is 0. The van der Waals surface area contributed by atoms with Crippen molar-refractivity contribution < 1.29 is 19.4 Å². The summed E-state index contributed by atoms with van der Waals surface area (Å²) in [5.41, 5.74) is 0. The Morgan fingerprint density at radius 3 is 2.88 bits per heavy atom. The Hall–Kier alpha value is -1.68. The molecule has 0 amide bonds. The number of allylic oxidation sites excluding steroid dienone is 3. The summed E-state index contributed by atoms with van der Waals surface area (Å²) in [5.74, 6) is -0.437. The third-order valence-corrected chi connectivity index (χ3v) is 4.64. The summed E-state index contributed by atoms with van der Waals surface area (Å²) in [6.07, 6.45) is 15.2. The number of fused-ring (bicyclic) bond motifs is 1. The molecule has 1 aliphatic heterocycles. The van der Waals surface area contributed by atoms with Gasteiger partial charge >= 0.3 is 5.97 Å². The molecule has 4 atom stereocenters. The molecular formula is C20H28O4. The van der Waals surface area contributed by atoms with Crippen molar-refractivity contribution in [3.8, 4) is 0 Å². The van der Waals surface area contributed by atoms with Crippen LogP contribution in [0.1, 0.15) is 51.9 Å². The van der Waals surface area contributed by atoms with E-state index in [0.717, 1.165) is 19.3 Å². The molecule has 0 spiro atoms. The third kappa shape index (κ3) is 5.45. The number of aliphatic hydroxyl groups is 1. The lowest BCUT2D eigenvalue weighted by Gasteiger charge is -2.18.